The van der Waals surface area contributed by atoms with Crippen LogP contribution in [0.25, 0.3) is 0 Å². The molecule has 0 saturated carbocycles. The third kappa shape index (κ3) is 3.82. The summed E-state index contributed by atoms with van der Waals surface area (Å²) in [7, 11) is 0. The van der Waals surface area contributed by atoms with Crippen molar-refractivity contribution in [2.24, 2.45) is 5.73 Å². The first kappa shape index (κ1) is 13.1. The number of anilines is 1. The van der Waals surface area contributed by atoms with Crippen LogP contribution >= 0.6 is 12.2 Å². The van der Waals surface area contributed by atoms with Gasteiger partial charge in [-0.25, -0.2) is 0 Å². The summed E-state index contributed by atoms with van der Waals surface area (Å²) < 4.78 is 5.17. The third-order valence-electron chi connectivity index (χ3n) is 2.43. The average Bonchev–Trinajstić information content (AvgIpc) is 2.90. The van der Waals surface area contributed by atoms with Gasteiger partial charge in [-0.15, -0.1) is 0 Å². The summed E-state index contributed by atoms with van der Waals surface area (Å²) in [5.41, 5.74) is 6.40. The second-order valence-electron chi connectivity index (χ2n) is 3.83. The maximum absolute atomic E-state index is 10.9. The van der Waals surface area contributed by atoms with Gasteiger partial charge in [0.05, 0.1) is 12.8 Å². The topological polar surface area (TPSA) is 80.3 Å². The molecule has 1 aromatic carbocycles. The number of carbonyl (C=O) groups is 1. The van der Waals surface area contributed by atoms with E-state index in [1.165, 1.54) is 0 Å². The van der Waals surface area contributed by atoms with E-state index in [1.54, 1.807) is 30.5 Å². The zero-order valence-corrected chi connectivity index (χ0v) is 10.9. The third-order valence-corrected chi connectivity index (χ3v) is 2.68. The average molecular weight is 275 g/mol. The Bertz CT molecular complexity index is 564. The summed E-state index contributed by atoms with van der Waals surface area (Å²) in [5, 5.41) is 6.48. The number of hydrogen-bond acceptors (Lipinski definition) is 3. The fourth-order valence-corrected chi connectivity index (χ4v) is 1.66. The highest BCUT2D eigenvalue weighted by Crippen LogP contribution is 2.09. The second-order valence-corrected chi connectivity index (χ2v) is 4.24. The van der Waals surface area contributed by atoms with E-state index >= 15 is 0 Å². The molecule has 0 atom stereocenters. The van der Waals surface area contributed by atoms with Crippen LogP contribution in [0, 0.1) is 0 Å². The van der Waals surface area contributed by atoms with Gasteiger partial charge in [0, 0.05) is 11.3 Å². The molecular weight excluding hydrogens is 262 g/mol. The van der Waals surface area contributed by atoms with Gasteiger partial charge in [0.25, 0.3) is 0 Å². The van der Waals surface area contributed by atoms with E-state index in [4.69, 9.17) is 22.4 Å². The van der Waals surface area contributed by atoms with Crippen LogP contribution in [0.4, 0.5) is 5.69 Å². The number of nitrogens with two attached hydrogens (primary N) is 1. The molecule has 6 heteroatoms. The van der Waals surface area contributed by atoms with E-state index in [2.05, 4.69) is 10.6 Å². The minimum absolute atomic E-state index is 0.454. The highest BCUT2D eigenvalue weighted by atomic mass is 32.1. The zero-order valence-electron chi connectivity index (χ0n) is 10.1. The number of hydrogen-bond donors (Lipinski definition) is 3. The van der Waals surface area contributed by atoms with Crippen molar-refractivity contribution in [1.82, 2.24) is 5.32 Å². The Balaban J connectivity index is 1.86. The molecule has 0 bridgehead atoms. The first-order chi connectivity index (χ1) is 9.15. The van der Waals surface area contributed by atoms with Crippen molar-refractivity contribution in [2.75, 3.05) is 5.32 Å². The lowest BCUT2D eigenvalue weighted by molar-refractivity contribution is 0.100. The Kier molecular flexibility index (Phi) is 4.15. The lowest BCUT2D eigenvalue weighted by Gasteiger charge is -2.09. The standard InChI is InChI=1S/C13H13N3O2S/c14-12(17)9-3-5-10(6-4-9)16-13(19)15-8-11-2-1-7-18-11/h1-7H,8H2,(H2,14,17)(H2,15,16,19). The number of furan rings is 1. The Morgan fingerprint density at radius 3 is 2.58 bits per heavy atom. The van der Waals surface area contributed by atoms with Crippen molar-refractivity contribution < 1.29 is 9.21 Å². The number of primary amides is 1. The molecule has 0 fully saturated rings. The molecule has 2 aromatic rings. The molecule has 19 heavy (non-hydrogen) atoms. The molecule has 2 rings (SSSR count). The molecule has 1 aromatic heterocycles. The number of nitrogens with one attached hydrogen (secondary N) is 2. The van der Waals surface area contributed by atoms with Crippen molar-refractivity contribution >= 4 is 28.9 Å². The van der Waals surface area contributed by atoms with Gasteiger partial charge < -0.3 is 20.8 Å². The summed E-state index contributed by atoms with van der Waals surface area (Å²) in [6.07, 6.45) is 1.61. The van der Waals surface area contributed by atoms with E-state index in [1.807, 2.05) is 12.1 Å². The van der Waals surface area contributed by atoms with Crippen molar-refractivity contribution in [1.29, 1.82) is 0 Å². The number of benzene rings is 1. The van der Waals surface area contributed by atoms with Crippen LogP contribution in [0.15, 0.2) is 47.1 Å². The fraction of sp³-hybridized carbons (Fsp3) is 0.0769. The Morgan fingerprint density at radius 2 is 2.00 bits per heavy atom. The van der Waals surface area contributed by atoms with Gasteiger partial charge in [0.1, 0.15) is 5.76 Å². The smallest absolute Gasteiger partial charge is 0.248 e. The Morgan fingerprint density at radius 1 is 1.26 bits per heavy atom. The minimum atomic E-state index is -0.454. The van der Waals surface area contributed by atoms with Gasteiger partial charge in [0.2, 0.25) is 5.91 Å². The predicted molar refractivity (Wildman–Crippen MR) is 76.7 cm³/mol. The van der Waals surface area contributed by atoms with Crippen LogP contribution in [0.2, 0.25) is 0 Å². The van der Waals surface area contributed by atoms with Gasteiger partial charge in [-0.2, -0.15) is 0 Å². The first-order valence-corrected chi connectivity index (χ1v) is 6.03. The van der Waals surface area contributed by atoms with Crippen LogP contribution in [0.1, 0.15) is 16.1 Å². The van der Waals surface area contributed by atoms with E-state index < -0.39 is 5.91 Å². The van der Waals surface area contributed by atoms with Gasteiger partial charge in [-0.3, -0.25) is 4.79 Å². The minimum Gasteiger partial charge on any atom is -0.467 e. The van der Waals surface area contributed by atoms with Crippen molar-refractivity contribution in [2.45, 2.75) is 6.54 Å². The Labute approximate surface area is 115 Å². The van der Waals surface area contributed by atoms with Crippen LogP contribution in [-0.4, -0.2) is 11.0 Å². The molecule has 0 aliphatic rings. The summed E-state index contributed by atoms with van der Waals surface area (Å²) >= 11 is 5.14. The number of carbonyl (C=O) groups excluding carboxylic acids is 1. The quantitative estimate of drug-likeness (QED) is 0.742. The molecule has 0 aliphatic heterocycles. The normalized spacial score (nSPS) is 9.89. The second kappa shape index (κ2) is 6.01. The lowest BCUT2D eigenvalue weighted by Crippen LogP contribution is -2.27. The molecule has 1 heterocycles. The van der Waals surface area contributed by atoms with E-state index in [0.29, 0.717) is 17.2 Å². The number of thiocarbonyl (C=S) groups is 1. The van der Waals surface area contributed by atoms with E-state index in [-0.39, 0.29) is 0 Å². The highest BCUT2D eigenvalue weighted by Gasteiger charge is 2.02. The largest absolute Gasteiger partial charge is 0.467 e. The van der Waals surface area contributed by atoms with Gasteiger partial charge in [-0.05, 0) is 48.6 Å². The lowest BCUT2D eigenvalue weighted by atomic mass is 10.2. The van der Waals surface area contributed by atoms with E-state index in [0.717, 1.165) is 11.4 Å². The van der Waals surface area contributed by atoms with Crippen molar-refractivity contribution in [3.63, 3.8) is 0 Å². The molecular formula is C13H13N3O2S. The van der Waals surface area contributed by atoms with Crippen LogP contribution in [0.3, 0.4) is 0 Å². The Hall–Kier alpha value is -2.34. The molecule has 0 unspecified atom stereocenters. The molecule has 4 N–H and O–H groups in total. The monoisotopic (exact) mass is 275 g/mol. The summed E-state index contributed by atoms with van der Waals surface area (Å²) in [6, 6.07) is 10.4. The highest BCUT2D eigenvalue weighted by molar-refractivity contribution is 7.80. The molecule has 0 saturated heterocycles. The van der Waals surface area contributed by atoms with Crippen LogP contribution in [-0.2, 0) is 6.54 Å². The number of rotatable bonds is 4. The SMILES string of the molecule is NC(=O)c1ccc(NC(=S)NCc2ccco2)cc1. The van der Waals surface area contributed by atoms with E-state index in [9.17, 15) is 4.79 Å². The van der Waals surface area contributed by atoms with Crippen molar-refractivity contribution in [3.05, 3.63) is 54.0 Å². The maximum Gasteiger partial charge on any atom is 0.248 e. The molecule has 98 valence electrons. The molecule has 0 aliphatic carbocycles. The fourth-order valence-electron chi connectivity index (χ4n) is 1.47. The van der Waals surface area contributed by atoms with Crippen LogP contribution in [0.5, 0.6) is 0 Å². The van der Waals surface area contributed by atoms with Crippen LogP contribution < -0.4 is 16.4 Å². The van der Waals surface area contributed by atoms with Gasteiger partial charge in [-0.1, -0.05) is 0 Å². The van der Waals surface area contributed by atoms with Crippen molar-refractivity contribution in [3.8, 4) is 0 Å². The molecule has 0 radical (unpaired) electrons. The predicted octanol–water partition coefficient (Wildman–Crippen LogP) is 1.87. The number of amides is 1. The summed E-state index contributed by atoms with van der Waals surface area (Å²) in [4.78, 5) is 10.9. The molecule has 5 nitrogen and oxygen atoms in total. The zero-order chi connectivity index (χ0) is 13.7. The molecule has 0 spiro atoms. The first-order valence-electron chi connectivity index (χ1n) is 5.62. The van der Waals surface area contributed by atoms with Gasteiger partial charge >= 0.3 is 0 Å². The summed E-state index contributed by atoms with van der Waals surface area (Å²) in [6.45, 7) is 0.512. The van der Waals surface area contributed by atoms with Gasteiger partial charge in [0.15, 0.2) is 5.11 Å². The molecule has 1 amide bonds. The maximum atomic E-state index is 10.9. The summed E-state index contributed by atoms with van der Waals surface area (Å²) in [5.74, 6) is 0.346.